The van der Waals surface area contributed by atoms with Gasteiger partial charge in [-0.3, -0.25) is 4.79 Å². The second kappa shape index (κ2) is 5.69. The lowest BCUT2D eigenvalue weighted by atomic mass is 10.1. The number of aromatic nitrogens is 1. The van der Waals surface area contributed by atoms with Gasteiger partial charge in [0.25, 0.3) is 5.91 Å². The Labute approximate surface area is 106 Å². The number of rotatable bonds is 5. The summed E-state index contributed by atoms with van der Waals surface area (Å²) in [6.45, 7) is 2.42. The fourth-order valence-corrected chi connectivity index (χ4v) is 1.91. The van der Waals surface area contributed by atoms with Crippen molar-refractivity contribution in [1.82, 2.24) is 10.3 Å². The van der Waals surface area contributed by atoms with Gasteiger partial charge in [-0.25, -0.2) is 0 Å². The number of carbonyl (C=O) groups excluding carboxylic acids is 1. The summed E-state index contributed by atoms with van der Waals surface area (Å²) in [5.74, 6) is -0.101. The molecule has 1 atom stereocenters. The summed E-state index contributed by atoms with van der Waals surface area (Å²) >= 11 is 0. The lowest BCUT2D eigenvalue weighted by molar-refractivity contribution is 0.0943. The molecule has 0 fully saturated rings. The predicted molar refractivity (Wildman–Crippen MR) is 71.5 cm³/mol. The second-order valence-corrected chi connectivity index (χ2v) is 4.35. The summed E-state index contributed by atoms with van der Waals surface area (Å²) < 4.78 is 0. The number of aliphatic hydroxyl groups excluding tert-OH is 1. The molecular formula is C14H18N2O2. The van der Waals surface area contributed by atoms with E-state index >= 15 is 0 Å². The van der Waals surface area contributed by atoms with Crippen molar-refractivity contribution in [1.29, 1.82) is 0 Å². The number of nitrogens with one attached hydrogen (secondary N) is 2. The summed E-state index contributed by atoms with van der Waals surface area (Å²) in [4.78, 5) is 15.0. The first-order valence-electron chi connectivity index (χ1n) is 6.24. The van der Waals surface area contributed by atoms with Crippen LogP contribution in [0.4, 0.5) is 0 Å². The molecule has 1 unspecified atom stereocenters. The molecule has 0 radical (unpaired) electrons. The molecule has 0 aliphatic carbocycles. The minimum atomic E-state index is -0.340. The molecule has 1 heterocycles. The Bertz CT molecular complexity index is 533. The van der Waals surface area contributed by atoms with Gasteiger partial charge in [0, 0.05) is 23.6 Å². The van der Waals surface area contributed by atoms with Crippen molar-refractivity contribution in [2.75, 3.05) is 6.54 Å². The third kappa shape index (κ3) is 2.71. The van der Waals surface area contributed by atoms with Crippen LogP contribution in [0.3, 0.4) is 0 Å². The first kappa shape index (κ1) is 12.6. The maximum atomic E-state index is 12.0. The van der Waals surface area contributed by atoms with Crippen LogP contribution >= 0.6 is 0 Å². The largest absolute Gasteiger partial charge is 0.393 e. The van der Waals surface area contributed by atoms with Crippen LogP contribution in [0.25, 0.3) is 10.9 Å². The molecule has 0 bridgehead atoms. The Balaban J connectivity index is 2.01. The maximum Gasteiger partial charge on any atom is 0.253 e. The Morgan fingerprint density at radius 1 is 1.44 bits per heavy atom. The molecule has 1 aromatic heterocycles. The summed E-state index contributed by atoms with van der Waals surface area (Å²) in [5, 5.41) is 13.2. The van der Waals surface area contributed by atoms with E-state index in [1.807, 2.05) is 31.2 Å². The summed E-state index contributed by atoms with van der Waals surface area (Å²) in [7, 11) is 0. The van der Waals surface area contributed by atoms with E-state index < -0.39 is 0 Å². The van der Waals surface area contributed by atoms with Crippen LogP contribution in [0, 0.1) is 0 Å². The normalized spacial score (nSPS) is 12.6. The minimum absolute atomic E-state index is 0.101. The van der Waals surface area contributed by atoms with E-state index in [0.717, 1.165) is 10.9 Å². The van der Waals surface area contributed by atoms with Crippen molar-refractivity contribution < 1.29 is 9.90 Å². The zero-order valence-corrected chi connectivity index (χ0v) is 10.4. The van der Waals surface area contributed by atoms with E-state index in [0.29, 0.717) is 24.9 Å². The van der Waals surface area contributed by atoms with Crippen molar-refractivity contribution in [2.24, 2.45) is 0 Å². The molecular weight excluding hydrogens is 228 g/mol. The molecule has 0 saturated carbocycles. The van der Waals surface area contributed by atoms with E-state index in [9.17, 15) is 9.90 Å². The smallest absolute Gasteiger partial charge is 0.253 e. The summed E-state index contributed by atoms with van der Waals surface area (Å²) in [6.07, 6.45) is 2.68. The first-order chi connectivity index (χ1) is 8.72. The van der Waals surface area contributed by atoms with Crippen molar-refractivity contribution in [3.05, 3.63) is 36.0 Å². The number of H-pyrrole nitrogens is 1. The quantitative estimate of drug-likeness (QED) is 0.756. The Morgan fingerprint density at radius 3 is 3.00 bits per heavy atom. The van der Waals surface area contributed by atoms with Crippen LogP contribution in [-0.2, 0) is 0 Å². The fraction of sp³-hybridized carbons (Fsp3) is 0.357. The number of carbonyl (C=O) groups is 1. The molecule has 18 heavy (non-hydrogen) atoms. The number of aromatic amines is 1. The van der Waals surface area contributed by atoms with E-state index in [1.165, 1.54) is 0 Å². The van der Waals surface area contributed by atoms with Gasteiger partial charge >= 0.3 is 0 Å². The SMILES string of the molecule is CCC(O)CCNC(=O)c1c[nH]c2ccccc12. The Kier molecular flexibility index (Phi) is 3.99. The average Bonchev–Trinajstić information content (AvgIpc) is 2.82. The standard InChI is InChI=1S/C14H18N2O2/c1-2-10(17)7-8-15-14(18)12-9-16-13-6-4-3-5-11(12)13/h3-6,9-10,16-17H,2,7-8H2,1H3,(H,15,18). The van der Waals surface area contributed by atoms with Gasteiger partial charge in [-0.05, 0) is 18.9 Å². The highest BCUT2D eigenvalue weighted by Gasteiger charge is 2.11. The number of aliphatic hydroxyl groups is 1. The van der Waals surface area contributed by atoms with Crippen LogP contribution in [0.2, 0.25) is 0 Å². The number of amides is 1. The topological polar surface area (TPSA) is 65.1 Å². The van der Waals surface area contributed by atoms with E-state index in [-0.39, 0.29) is 12.0 Å². The van der Waals surface area contributed by atoms with Gasteiger partial charge in [0.1, 0.15) is 0 Å². The lowest BCUT2D eigenvalue weighted by Crippen LogP contribution is -2.26. The third-order valence-electron chi connectivity index (χ3n) is 3.07. The monoisotopic (exact) mass is 246 g/mol. The molecule has 2 aromatic rings. The van der Waals surface area contributed by atoms with Crippen LogP contribution in [-0.4, -0.2) is 28.6 Å². The van der Waals surface area contributed by atoms with Gasteiger partial charge < -0.3 is 15.4 Å². The van der Waals surface area contributed by atoms with Gasteiger partial charge in [-0.1, -0.05) is 25.1 Å². The summed E-state index contributed by atoms with van der Waals surface area (Å²) in [6, 6.07) is 7.69. The number of hydrogen-bond acceptors (Lipinski definition) is 2. The highest BCUT2D eigenvalue weighted by atomic mass is 16.3. The second-order valence-electron chi connectivity index (χ2n) is 4.35. The predicted octanol–water partition coefficient (Wildman–Crippen LogP) is 2.06. The highest BCUT2D eigenvalue weighted by Crippen LogP contribution is 2.17. The van der Waals surface area contributed by atoms with Crippen molar-refractivity contribution in [2.45, 2.75) is 25.9 Å². The van der Waals surface area contributed by atoms with Gasteiger partial charge in [-0.15, -0.1) is 0 Å². The Morgan fingerprint density at radius 2 is 2.22 bits per heavy atom. The lowest BCUT2D eigenvalue weighted by Gasteiger charge is -2.08. The molecule has 0 saturated heterocycles. The van der Waals surface area contributed by atoms with Crippen molar-refractivity contribution in [3.8, 4) is 0 Å². The van der Waals surface area contributed by atoms with Gasteiger partial charge in [0.2, 0.25) is 0 Å². The zero-order valence-electron chi connectivity index (χ0n) is 10.4. The van der Waals surface area contributed by atoms with Crippen LogP contribution in [0.5, 0.6) is 0 Å². The molecule has 4 heteroatoms. The molecule has 0 spiro atoms. The van der Waals surface area contributed by atoms with E-state index in [4.69, 9.17) is 0 Å². The first-order valence-corrected chi connectivity index (χ1v) is 6.24. The van der Waals surface area contributed by atoms with Crippen molar-refractivity contribution >= 4 is 16.8 Å². The number of hydrogen-bond donors (Lipinski definition) is 3. The van der Waals surface area contributed by atoms with Crippen LogP contribution in [0.15, 0.2) is 30.5 Å². The molecule has 1 aromatic carbocycles. The Hall–Kier alpha value is -1.81. The molecule has 4 nitrogen and oxygen atoms in total. The molecule has 0 aliphatic rings. The molecule has 0 aliphatic heterocycles. The van der Waals surface area contributed by atoms with Gasteiger partial charge in [0.05, 0.1) is 11.7 Å². The third-order valence-corrected chi connectivity index (χ3v) is 3.07. The van der Waals surface area contributed by atoms with Gasteiger partial charge in [0.15, 0.2) is 0 Å². The van der Waals surface area contributed by atoms with Crippen LogP contribution in [0.1, 0.15) is 30.1 Å². The van der Waals surface area contributed by atoms with E-state index in [1.54, 1.807) is 6.20 Å². The molecule has 96 valence electrons. The highest BCUT2D eigenvalue weighted by molar-refractivity contribution is 6.06. The molecule has 1 amide bonds. The van der Waals surface area contributed by atoms with E-state index in [2.05, 4.69) is 10.3 Å². The number of para-hydroxylation sites is 1. The van der Waals surface area contributed by atoms with Gasteiger partial charge in [-0.2, -0.15) is 0 Å². The minimum Gasteiger partial charge on any atom is -0.393 e. The van der Waals surface area contributed by atoms with Crippen LogP contribution < -0.4 is 5.32 Å². The zero-order chi connectivity index (χ0) is 13.0. The average molecular weight is 246 g/mol. The number of benzene rings is 1. The van der Waals surface area contributed by atoms with Crippen molar-refractivity contribution in [3.63, 3.8) is 0 Å². The molecule has 3 N–H and O–H groups in total. The fourth-order valence-electron chi connectivity index (χ4n) is 1.91. The maximum absolute atomic E-state index is 12.0. The number of fused-ring (bicyclic) bond motifs is 1. The molecule has 2 rings (SSSR count). The summed E-state index contributed by atoms with van der Waals surface area (Å²) in [5.41, 5.74) is 1.60.